The van der Waals surface area contributed by atoms with E-state index in [4.69, 9.17) is 4.42 Å². The van der Waals surface area contributed by atoms with Crippen molar-refractivity contribution in [2.75, 3.05) is 23.3 Å². The Morgan fingerprint density at radius 3 is 2.75 bits per heavy atom. The van der Waals surface area contributed by atoms with Crippen LogP contribution in [-0.4, -0.2) is 18.1 Å². The van der Waals surface area contributed by atoms with E-state index >= 15 is 0 Å². The van der Waals surface area contributed by atoms with E-state index in [0.717, 1.165) is 42.5 Å². The number of anilines is 2. The predicted octanol–water partition coefficient (Wildman–Crippen LogP) is 3.45. The van der Waals surface area contributed by atoms with Crippen molar-refractivity contribution >= 4 is 11.5 Å². The number of aryl methyl sites for hydroxylation is 1. The van der Waals surface area contributed by atoms with E-state index in [9.17, 15) is 0 Å². The van der Waals surface area contributed by atoms with E-state index in [-0.39, 0.29) is 0 Å². The van der Waals surface area contributed by atoms with E-state index in [0.29, 0.717) is 6.54 Å². The van der Waals surface area contributed by atoms with Crippen LogP contribution in [0.15, 0.2) is 34.9 Å². The molecule has 2 aromatic heterocycles. The minimum absolute atomic E-state index is 0.701. The Hall–Kier alpha value is -1.97. The molecule has 3 rings (SSSR count). The average molecular weight is 271 g/mol. The van der Waals surface area contributed by atoms with Gasteiger partial charge in [0.2, 0.25) is 0 Å². The smallest absolute Gasteiger partial charge is 0.151 e. The highest BCUT2D eigenvalue weighted by Gasteiger charge is 2.16. The molecule has 1 aliphatic rings. The fourth-order valence-electron chi connectivity index (χ4n) is 2.61. The first-order chi connectivity index (χ1) is 9.86. The largest absolute Gasteiger partial charge is 0.464 e. The Morgan fingerprint density at radius 1 is 1.20 bits per heavy atom. The molecular formula is C16H21N3O. The summed E-state index contributed by atoms with van der Waals surface area (Å²) in [5.74, 6) is 3.07. The van der Waals surface area contributed by atoms with E-state index in [1.165, 1.54) is 12.8 Å². The zero-order valence-corrected chi connectivity index (χ0v) is 11.9. The minimum Gasteiger partial charge on any atom is -0.464 e. The van der Waals surface area contributed by atoms with Crippen molar-refractivity contribution in [1.29, 1.82) is 0 Å². The molecular weight excluding hydrogens is 250 g/mol. The van der Waals surface area contributed by atoms with Gasteiger partial charge in [-0.2, -0.15) is 0 Å². The molecule has 0 atom stereocenters. The summed E-state index contributed by atoms with van der Waals surface area (Å²) in [7, 11) is 0. The summed E-state index contributed by atoms with van der Waals surface area (Å²) in [6, 6.07) is 8.14. The highest BCUT2D eigenvalue weighted by molar-refractivity contribution is 5.65. The van der Waals surface area contributed by atoms with Gasteiger partial charge in [0, 0.05) is 25.7 Å². The number of hydrogen-bond donors (Lipinski definition) is 1. The topological polar surface area (TPSA) is 41.3 Å². The predicted molar refractivity (Wildman–Crippen MR) is 81.1 cm³/mol. The van der Waals surface area contributed by atoms with Gasteiger partial charge in [0.15, 0.2) is 5.82 Å². The summed E-state index contributed by atoms with van der Waals surface area (Å²) in [5.41, 5.74) is 1.09. The van der Waals surface area contributed by atoms with Gasteiger partial charge in [-0.05, 0) is 37.1 Å². The minimum atomic E-state index is 0.701. The summed E-state index contributed by atoms with van der Waals surface area (Å²) in [5, 5.41) is 3.45. The lowest BCUT2D eigenvalue weighted by Gasteiger charge is -2.20. The number of rotatable bonds is 5. The fourth-order valence-corrected chi connectivity index (χ4v) is 2.61. The second kappa shape index (κ2) is 5.99. The first-order valence-corrected chi connectivity index (χ1v) is 7.38. The number of furan rings is 1. The molecule has 0 radical (unpaired) electrons. The highest BCUT2D eigenvalue weighted by Crippen LogP contribution is 2.26. The van der Waals surface area contributed by atoms with Crippen molar-refractivity contribution in [1.82, 2.24) is 4.98 Å². The molecule has 0 bridgehead atoms. The van der Waals surface area contributed by atoms with E-state index in [1.54, 1.807) is 0 Å². The number of pyridine rings is 1. The van der Waals surface area contributed by atoms with Crippen LogP contribution in [0.1, 0.15) is 31.3 Å². The highest BCUT2D eigenvalue weighted by atomic mass is 16.3. The number of hydrogen-bond acceptors (Lipinski definition) is 4. The maximum atomic E-state index is 5.72. The molecule has 1 N–H and O–H groups in total. The lowest BCUT2D eigenvalue weighted by Crippen LogP contribution is -2.20. The molecule has 3 heterocycles. The normalized spacial score (nSPS) is 14.8. The monoisotopic (exact) mass is 271 g/mol. The van der Waals surface area contributed by atoms with E-state index in [1.807, 2.05) is 24.4 Å². The van der Waals surface area contributed by atoms with Gasteiger partial charge in [-0.3, -0.25) is 0 Å². The van der Waals surface area contributed by atoms with Crippen LogP contribution >= 0.6 is 0 Å². The van der Waals surface area contributed by atoms with Gasteiger partial charge in [0.1, 0.15) is 11.5 Å². The van der Waals surface area contributed by atoms with Crippen molar-refractivity contribution in [2.45, 2.75) is 32.7 Å². The van der Waals surface area contributed by atoms with Gasteiger partial charge < -0.3 is 14.6 Å². The molecule has 0 spiro atoms. The van der Waals surface area contributed by atoms with Gasteiger partial charge in [-0.15, -0.1) is 0 Å². The lowest BCUT2D eigenvalue weighted by atomic mass is 10.3. The third kappa shape index (κ3) is 2.79. The molecule has 0 unspecified atom stereocenters. The van der Waals surface area contributed by atoms with E-state index < -0.39 is 0 Å². The van der Waals surface area contributed by atoms with Crippen molar-refractivity contribution in [3.63, 3.8) is 0 Å². The van der Waals surface area contributed by atoms with Crippen molar-refractivity contribution < 1.29 is 4.42 Å². The second-order valence-corrected chi connectivity index (χ2v) is 5.14. The van der Waals surface area contributed by atoms with Gasteiger partial charge in [-0.1, -0.05) is 6.92 Å². The third-order valence-electron chi connectivity index (χ3n) is 3.71. The fraction of sp³-hybridized carbons (Fsp3) is 0.438. The lowest BCUT2D eigenvalue weighted by molar-refractivity contribution is 0.476. The van der Waals surface area contributed by atoms with Crippen LogP contribution in [0.5, 0.6) is 0 Å². The van der Waals surface area contributed by atoms with Gasteiger partial charge >= 0.3 is 0 Å². The van der Waals surface area contributed by atoms with Crippen LogP contribution in [0.4, 0.5) is 11.5 Å². The van der Waals surface area contributed by atoms with Crippen LogP contribution in [0.25, 0.3) is 0 Å². The van der Waals surface area contributed by atoms with Crippen LogP contribution in [0, 0.1) is 0 Å². The number of nitrogens with one attached hydrogen (secondary N) is 1. The molecule has 1 saturated heterocycles. The van der Waals surface area contributed by atoms with Gasteiger partial charge in [0.25, 0.3) is 0 Å². The quantitative estimate of drug-likeness (QED) is 0.904. The van der Waals surface area contributed by atoms with Crippen molar-refractivity contribution in [3.8, 4) is 0 Å². The van der Waals surface area contributed by atoms with E-state index in [2.05, 4.69) is 28.2 Å². The third-order valence-corrected chi connectivity index (χ3v) is 3.71. The Balaban J connectivity index is 1.70. The van der Waals surface area contributed by atoms with Crippen LogP contribution < -0.4 is 10.2 Å². The summed E-state index contributed by atoms with van der Waals surface area (Å²) in [4.78, 5) is 6.88. The summed E-state index contributed by atoms with van der Waals surface area (Å²) < 4.78 is 5.72. The molecule has 4 nitrogen and oxygen atoms in total. The first kappa shape index (κ1) is 13.0. The van der Waals surface area contributed by atoms with Crippen LogP contribution in [-0.2, 0) is 13.0 Å². The molecule has 0 aliphatic carbocycles. The van der Waals surface area contributed by atoms with Crippen molar-refractivity contribution in [3.05, 3.63) is 42.0 Å². The Bertz CT molecular complexity index is 558. The molecule has 0 saturated carbocycles. The van der Waals surface area contributed by atoms with Crippen LogP contribution in [0.2, 0.25) is 0 Å². The summed E-state index contributed by atoms with van der Waals surface area (Å²) in [6.07, 6.45) is 5.31. The number of nitrogens with zero attached hydrogens (tertiary/aromatic N) is 2. The van der Waals surface area contributed by atoms with Gasteiger partial charge in [0.05, 0.1) is 12.2 Å². The first-order valence-electron chi connectivity index (χ1n) is 7.38. The molecule has 2 aromatic rings. The molecule has 106 valence electrons. The molecule has 1 aliphatic heterocycles. The molecule has 4 heteroatoms. The van der Waals surface area contributed by atoms with Crippen LogP contribution in [0.3, 0.4) is 0 Å². The molecule has 1 fully saturated rings. The van der Waals surface area contributed by atoms with Crippen molar-refractivity contribution in [2.24, 2.45) is 0 Å². The maximum Gasteiger partial charge on any atom is 0.151 e. The average Bonchev–Trinajstić information content (AvgIpc) is 3.17. The molecule has 20 heavy (non-hydrogen) atoms. The van der Waals surface area contributed by atoms with Gasteiger partial charge in [-0.25, -0.2) is 4.98 Å². The SMILES string of the molecule is CCc1ccc(CNc2cccnc2N2CCCC2)o1. The second-order valence-electron chi connectivity index (χ2n) is 5.14. The zero-order valence-electron chi connectivity index (χ0n) is 11.9. The molecule has 0 amide bonds. The maximum absolute atomic E-state index is 5.72. The molecule has 0 aromatic carbocycles. The Kier molecular flexibility index (Phi) is 3.90. The zero-order chi connectivity index (χ0) is 13.8. The summed E-state index contributed by atoms with van der Waals surface area (Å²) >= 11 is 0. The Labute approximate surface area is 119 Å². The number of aromatic nitrogens is 1. The summed E-state index contributed by atoms with van der Waals surface area (Å²) in [6.45, 7) is 5.01. The Morgan fingerprint density at radius 2 is 2.00 bits per heavy atom. The standard InChI is InChI=1S/C16H21N3O/c1-2-13-7-8-14(20-13)12-18-15-6-5-9-17-16(15)19-10-3-4-11-19/h5-9,18H,2-4,10-12H2,1H3.